The van der Waals surface area contributed by atoms with Crippen LogP contribution in [-0.2, 0) is 9.53 Å². The molecule has 2 amide bonds. The zero-order valence-electron chi connectivity index (χ0n) is 10.1. The third kappa shape index (κ3) is 3.40. The average Bonchev–Trinajstić information content (AvgIpc) is 2.30. The minimum Gasteiger partial charge on any atom is -0.450 e. The fourth-order valence-electron chi connectivity index (χ4n) is 1.73. The molecule has 0 aliphatic carbocycles. The number of hydrogen-bond donors (Lipinski definition) is 0. The Kier molecular flexibility index (Phi) is 5.08. The summed E-state index contributed by atoms with van der Waals surface area (Å²) in [5, 5.41) is 0. The highest BCUT2D eigenvalue weighted by atomic mass is 16.6. The molecule has 0 unspecified atom stereocenters. The molecular formula is C11H20N2O3. The summed E-state index contributed by atoms with van der Waals surface area (Å²) < 4.78 is 4.91. The second-order valence-electron chi connectivity index (χ2n) is 3.82. The number of carbonyl (C=O) groups excluding carboxylic acids is 2. The number of ether oxygens (including phenoxy) is 1. The normalized spacial score (nSPS) is 16.1. The van der Waals surface area contributed by atoms with Crippen LogP contribution >= 0.6 is 0 Å². The molecule has 0 N–H and O–H groups in total. The number of amides is 2. The number of rotatable bonds is 3. The van der Waals surface area contributed by atoms with Crippen LogP contribution in [0.3, 0.4) is 0 Å². The summed E-state index contributed by atoms with van der Waals surface area (Å²) in [6.07, 6.45) is 1.20. The molecule has 0 aromatic carbocycles. The highest BCUT2D eigenvalue weighted by Gasteiger charge is 2.23. The van der Waals surface area contributed by atoms with Crippen molar-refractivity contribution in [3.8, 4) is 0 Å². The van der Waals surface area contributed by atoms with Crippen LogP contribution in [-0.4, -0.2) is 54.6 Å². The molecule has 0 spiro atoms. The zero-order valence-corrected chi connectivity index (χ0v) is 10.1. The maximum atomic E-state index is 11.6. The Morgan fingerprint density at radius 2 is 1.62 bits per heavy atom. The predicted molar refractivity (Wildman–Crippen MR) is 60.1 cm³/mol. The summed E-state index contributed by atoms with van der Waals surface area (Å²) in [6, 6.07) is 0. The van der Waals surface area contributed by atoms with Crippen molar-refractivity contribution in [1.82, 2.24) is 9.80 Å². The van der Waals surface area contributed by atoms with Crippen molar-refractivity contribution in [1.29, 1.82) is 0 Å². The maximum Gasteiger partial charge on any atom is 0.409 e. The lowest BCUT2D eigenvalue weighted by Gasteiger charge is -2.34. The van der Waals surface area contributed by atoms with E-state index in [2.05, 4.69) is 0 Å². The van der Waals surface area contributed by atoms with E-state index in [9.17, 15) is 9.59 Å². The van der Waals surface area contributed by atoms with Gasteiger partial charge in [0.05, 0.1) is 6.61 Å². The van der Waals surface area contributed by atoms with E-state index in [0.717, 1.165) is 6.42 Å². The van der Waals surface area contributed by atoms with Crippen LogP contribution < -0.4 is 0 Å². The van der Waals surface area contributed by atoms with Gasteiger partial charge in [0, 0.05) is 32.6 Å². The van der Waals surface area contributed by atoms with Gasteiger partial charge >= 0.3 is 6.09 Å². The molecule has 16 heavy (non-hydrogen) atoms. The number of nitrogens with zero attached hydrogens (tertiary/aromatic N) is 2. The Labute approximate surface area is 96.3 Å². The first kappa shape index (κ1) is 12.8. The van der Waals surface area contributed by atoms with E-state index in [1.54, 1.807) is 11.8 Å². The molecule has 1 aliphatic heterocycles. The van der Waals surface area contributed by atoms with E-state index < -0.39 is 0 Å². The molecule has 0 bridgehead atoms. The minimum atomic E-state index is -0.273. The molecule has 0 aromatic rings. The monoisotopic (exact) mass is 228 g/mol. The Hall–Kier alpha value is -1.26. The molecule has 1 fully saturated rings. The molecule has 1 heterocycles. The van der Waals surface area contributed by atoms with Crippen molar-refractivity contribution in [3.05, 3.63) is 0 Å². The molecule has 92 valence electrons. The molecule has 1 rings (SSSR count). The Morgan fingerprint density at radius 1 is 1.06 bits per heavy atom. The molecule has 0 atom stereocenters. The molecule has 0 aromatic heterocycles. The number of piperazine rings is 1. The zero-order chi connectivity index (χ0) is 12.0. The van der Waals surface area contributed by atoms with Crippen LogP contribution in [0.1, 0.15) is 26.7 Å². The van der Waals surface area contributed by atoms with Gasteiger partial charge in [-0.05, 0) is 13.3 Å². The topological polar surface area (TPSA) is 49.9 Å². The van der Waals surface area contributed by atoms with Crippen molar-refractivity contribution >= 4 is 12.0 Å². The van der Waals surface area contributed by atoms with Gasteiger partial charge in [-0.2, -0.15) is 0 Å². The first-order valence-corrected chi connectivity index (χ1v) is 5.88. The van der Waals surface area contributed by atoms with Crippen molar-refractivity contribution in [2.75, 3.05) is 32.8 Å². The molecule has 1 aliphatic rings. The SMILES string of the molecule is CCCC(=O)N1CCN(C(=O)OCC)CC1. The van der Waals surface area contributed by atoms with Crippen molar-refractivity contribution in [3.63, 3.8) is 0 Å². The van der Waals surface area contributed by atoms with Crippen molar-refractivity contribution < 1.29 is 14.3 Å². The second kappa shape index (κ2) is 6.35. The van der Waals surface area contributed by atoms with Gasteiger partial charge in [-0.1, -0.05) is 6.92 Å². The lowest BCUT2D eigenvalue weighted by atomic mass is 10.2. The van der Waals surface area contributed by atoms with Gasteiger partial charge in [0.25, 0.3) is 0 Å². The lowest BCUT2D eigenvalue weighted by molar-refractivity contribution is -0.132. The molecule has 0 radical (unpaired) electrons. The van der Waals surface area contributed by atoms with E-state index in [0.29, 0.717) is 39.2 Å². The second-order valence-corrected chi connectivity index (χ2v) is 3.82. The Balaban J connectivity index is 2.33. The lowest BCUT2D eigenvalue weighted by Crippen LogP contribution is -2.50. The van der Waals surface area contributed by atoms with E-state index in [4.69, 9.17) is 4.74 Å². The first-order chi connectivity index (χ1) is 7.69. The first-order valence-electron chi connectivity index (χ1n) is 5.88. The van der Waals surface area contributed by atoms with Crippen LogP contribution in [0.15, 0.2) is 0 Å². The van der Waals surface area contributed by atoms with Crippen LogP contribution in [0.5, 0.6) is 0 Å². The summed E-state index contributed by atoms with van der Waals surface area (Å²) in [7, 11) is 0. The number of carbonyl (C=O) groups is 2. The summed E-state index contributed by atoms with van der Waals surface area (Å²) in [5.41, 5.74) is 0. The third-order valence-corrected chi connectivity index (χ3v) is 2.62. The van der Waals surface area contributed by atoms with E-state index in [1.807, 2.05) is 11.8 Å². The van der Waals surface area contributed by atoms with Gasteiger partial charge in [0.15, 0.2) is 0 Å². The highest BCUT2D eigenvalue weighted by molar-refractivity contribution is 5.76. The Morgan fingerprint density at radius 3 is 2.12 bits per heavy atom. The van der Waals surface area contributed by atoms with E-state index >= 15 is 0 Å². The van der Waals surface area contributed by atoms with Crippen LogP contribution in [0.2, 0.25) is 0 Å². The highest BCUT2D eigenvalue weighted by Crippen LogP contribution is 2.06. The van der Waals surface area contributed by atoms with Crippen molar-refractivity contribution in [2.24, 2.45) is 0 Å². The van der Waals surface area contributed by atoms with Gasteiger partial charge in [-0.3, -0.25) is 4.79 Å². The minimum absolute atomic E-state index is 0.186. The van der Waals surface area contributed by atoms with E-state index in [1.165, 1.54) is 0 Å². The van der Waals surface area contributed by atoms with Gasteiger partial charge in [-0.25, -0.2) is 4.79 Å². The average molecular weight is 228 g/mol. The largest absolute Gasteiger partial charge is 0.450 e. The molecule has 1 saturated heterocycles. The fourth-order valence-corrected chi connectivity index (χ4v) is 1.73. The predicted octanol–water partition coefficient (Wildman–Crippen LogP) is 1.09. The Bertz CT molecular complexity index is 222. The quantitative estimate of drug-likeness (QED) is 0.726. The van der Waals surface area contributed by atoms with Crippen LogP contribution in [0.4, 0.5) is 4.79 Å². The maximum absolute atomic E-state index is 11.6. The van der Waals surface area contributed by atoms with Gasteiger partial charge in [0.2, 0.25) is 5.91 Å². The fraction of sp³-hybridized carbons (Fsp3) is 0.818. The standard InChI is InChI=1S/C11H20N2O3/c1-3-5-10(14)12-6-8-13(9-7-12)11(15)16-4-2/h3-9H2,1-2H3. The van der Waals surface area contributed by atoms with Crippen LogP contribution in [0, 0.1) is 0 Å². The third-order valence-electron chi connectivity index (χ3n) is 2.62. The van der Waals surface area contributed by atoms with Gasteiger partial charge in [0.1, 0.15) is 0 Å². The summed E-state index contributed by atoms with van der Waals surface area (Å²) >= 11 is 0. The summed E-state index contributed by atoms with van der Waals surface area (Å²) in [5.74, 6) is 0.186. The molecule has 5 nitrogen and oxygen atoms in total. The van der Waals surface area contributed by atoms with E-state index in [-0.39, 0.29) is 12.0 Å². The summed E-state index contributed by atoms with van der Waals surface area (Å²) in [4.78, 5) is 26.5. The van der Waals surface area contributed by atoms with Crippen LogP contribution in [0.25, 0.3) is 0 Å². The smallest absolute Gasteiger partial charge is 0.409 e. The van der Waals surface area contributed by atoms with Gasteiger partial charge < -0.3 is 14.5 Å². The van der Waals surface area contributed by atoms with Gasteiger partial charge in [-0.15, -0.1) is 0 Å². The summed E-state index contributed by atoms with van der Waals surface area (Å²) in [6.45, 7) is 6.58. The number of hydrogen-bond acceptors (Lipinski definition) is 3. The molecule has 5 heteroatoms. The van der Waals surface area contributed by atoms with Crippen molar-refractivity contribution in [2.45, 2.75) is 26.7 Å². The molecular weight excluding hydrogens is 208 g/mol. The molecule has 0 saturated carbocycles.